The molecule has 1 heterocycles. The molecule has 1 aliphatic heterocycles. The molecule has 3 N–H and O–H groups in total. The highest BCUT2D eigenvalue weighted by Crippen LogP contribution is 2.28. The molecular weight excluding hydrogens is 280 g/mol. The zero-order valence-corrected chi connectivity index (χ0v) is 13.6. The van der Waals surface area contributed by atoms with E-state index in [2.05, 4.69) is 10.6 Å². The fourth-order valence-corrected chi connectivity index (χ4v) is 2.65. The molecular formula is C17H26N2O3. The molecule has 1 fully saturated rings. The molecule has 1 amide bonds. The number of amides is 1. The van der Waals surface area contributed by atoms with Gasteiger partial charge in [-0.05, 0) is 46.2 Å². The Balaban J connectivity index is 2.10. The summed E-state index contributed by atoms with van der Waals surface area (Å²) in [7, 11) is 0. The third kappa shape index (κ3) is 4.71. The molecule has 0 radical (unpaired) electrons. The number of nitrogens with one attached hydrogen (secondary N) is 2. The first kappa shape index (κ1) is 16.8. The average molecular weight is 306 g/mol. The van der Waals surface area contributed by atoms with Gasteiger partial charge in [0.15, 0.2) is 0 Å². The number of hydrogen-bond donors (Lipinski definition) is 3. The second-order valence-electron chi connectivity index (χ2n) is 6.72. The van der Waals surface area contributed by atoms with Crippen LogP contribution in [0, 0.1) is 0 Å². The van der Waals surface area contributed by atoms with Gasteiger partial charge in [-0.3, -0.25) is 5.32 Å². The van der Waals surface area contributed by atoms with Gasteiger partial charge in [-0.25, -0.2) is 4.79 Å². The van der Waals surface area contributed by atoms with Crippen molar-refractivity contribution in [3.8, 4) is 0 Å². The van der Waals surface area contributed by atoms with Crippen molar-refractivity contribution in [1.29, 1.82) is 0 Å². The summed E-state index contributed by atoms with van der Waals surface area (Å²) in [5, 5.41) is 16.7. The summed E-state index contributed by atoms with van der Waals surface area (Å²) in [6, 6.07) is 7.34. The molecule has 122 valence electrons. The van der Waals surface area contributed by atoms with Crippen LogP contribution in [0.1, 0.15) is 51.7 Å². The van der Waals surface area contributed by atoms with Gasteiger partial charge in [-0.15, -0.1) is 0 Å². The van der Waals surface area contributed by atoms with E-state index in [0.29, 0.717) is 11.3 Å². The second kappa shape index (κ2) is 7.11. The molecule has 22 heavy (non-hydrogen) atoms. The Labute approximate surface area is 132 Å². The molecule has 1 aromatic carbocycles. The number of hydrogen-bond acceptors (Lipinski definition) is 4. The highest BCUT2D eigenvalue weighted by atomic mass is 16.6. The summed E-state index contributed by atoms with van der Waals surface area (Å²) in [5.74, 6) is 0. The van der Waals surface area contributed by atoms with Crippen molar-refractivity contribution in [2.75, 3.05) is 11.9 Å². The fourth-order valence-electron chi connectivity index (χ4n) is 2.65. The Hall–Kier alpha value is -1.59. The molecule has 0 aliphatic carbocycles. The lowest BCUT2D eigenvalue weighted by molar-refractivity contribution is 0.0635. The number of carbonyl (C=O) groups excluding carboxylic acids is 1. The van der Waals surface area contributed by atoms with E-state index in [1.807, 2.05) is 39.0 Å². The number of benzene rings is 1. The van der Waals surface area contributed by atoms with Crippen molar-refractivity contribution in [2.45, 2.75) is 57.8 Å². The number of aliphatic hydroxyl groups is 1. The van der Waals surface area contributed by atoms with E-state index in [4.69, 9.17) is 4.74 Å². The van der Waals surface area contributed by atoms with Crippen LogP contribution >= 0.6 is 0 Å². The van der Waals surface area contributed by atoms with Crippen LogP contribution in [0.2, 0.25) is 0 Å². The zero-order chi connectivity index (χ0) is 16.2. The molecule has 2 unspecified atom stereocenters. The summed E-state index contributed by atoms with van der Waals surface area (Å²) >= 11 is 0. The van der Waals surface area contributed by atoms with Crippen LogP contribution in [-0.4, -0.2) is 29.4 Å². The third-order valence-corrected chi connectivity index (χ3v) is 3.64. The van der Waals surface area contributed by atoms with Crippen molar-refractivity contribution in [1.82, 2.24) is 5.32 Å². The van der Waals surface area contributed by atoms with Gasteiger partial charge in [-0.1, -0.05) is 24.6 Å². The Morgan fingerprint density at radius 3 is 2.73 bits per heavy atom. The number of para-hydroxylation sites is 1. The van der Waals surface area contributed by atoms with E-state index in [9.17, 15) is 9.90 Å². The van der Waals surface area contributed by atoms with E-state index in [0.717, 1.165) is 25.8 Å². The van der Waals surface area contributed by atoms with Gasteiger partial charge < -0.3 is 15.2 Å². The first-order valence-electron chi connectivity index (χ1n) is 7.87. The maximum atomic E-state index is 11.9. The second-order valence-corrected chi connectivity index (χ2v) is 6.72. The first-order chi connectivity index (χ1) is 10.4. The number of ether oxygens (including phenoxy) is 1. The van der Waals surface area contributed by atoms with Crippen LogP contribution in [0.15, 0.2) is 24.3 Å². The Bertz CT molecular complexity index is 505. The predicted molar refractivity (Wildman–Crippen MR) is 86.9 cm³/mol. The summed E-state index contributed by atoms with van der Waals surface area (Å²) in [5.41, 5.74) is 0.757. The van der Waals surface area contributed by atoms with Crippen LogP contribution in [-0.2, 0) is 4.74 Å². The van der Waals surface area contributed by atoms with E-state index < -0.39 is 17.8 Å². The normalized spacial score (nSPS) is 20.3. The zero-order valence-electron chi connectivity index (χ0n) is 13.6. The van der Waals surface area contributed by atoms with Gasteiger partial charge in [0.05, 0.1) is 6.10 Å². The number of piperidine rings is 1. The molecule has 2 rings (SSSR count). The van der Waals surface area contributed by atoms with E-state index in [1.54, 1.807) is 6.07 Å². The summed E-state index contributed by atoms with van der Waals surface area (Å²) < 4.78 is 5.27. The SMILES string of the molecule is CC(C)(C)OC(=O)Nc1ccccc1C(O)C1CCCCN1. The molecule has 1 aromatic rings. The standard InChI is InChI=1S/C17H26N2O3/c1-17(2,3)22-16(21)19-13-9-5-4-8-12(13)15(20)14-10-6-7-11-18-14/h4-5,8-9,14-15,18,20H,6-7,10-11H2,1-3H3,(H,19,21). The Morgan fingerprint density at radius 1 is 1.36 bits per heavy atom. The van der Waals surface area contributed by atoms with Crippen molar-refractivity contribution < 1.29 is 14.6 Å². The van der Waals surface area contributed by atoms with Crippen LogP contribution in [0.25, 0.3) is 0 Å². The highest BCUT2D eigenvalue weighted by molar-refractivity contribution is 5.86. The molecule has 1 aliphatic rings. The largest absolute Gasteiger partial charge is 0.444 e. The van der Waals surface area contributed by atoms with Crippen LogP contribution in [0.3, 0.4) is 0 Å². The maximum absolute atomic E-state index is 11.9. The Morgan fingerprint density at radius 2 is 2.09 bits per heavy atom. The van der Waals surface area contributed by atoms with Crippen LogP contribution in [0.5, 0.6) is 0 Å². The molecule has 0 spiro atoms. The lowest BCUT2D eigenvalue weighted by Crippen LogP contribution is -2.39. The fraction of sp³-hybridized carbons (Fsp3) is 0.588. The van der Waals surface area contributed by atoms with Crippen molar-refractivity contribution >= 4 is 11.8 Å². The minimum atomic E-state index is -0.647. The summed E-state index contributed by atoms with van der Waals surface area (Å²) in [4.78, 5) is 11.9. The van der Waals surface area contributed by atoms with Crippen molar-refractivity contribution in [2.24, 2.45) is 0 Å². The van der Waals surface area contributed by atoms with Gasteiger partial charge in [0.25, 0.3) is 0 Å². The summed E-state index contributed by atoms with van der Waals surface area (Å²) in [6.07, 6.45) is 2.02. The topological polar surface area (TPSA) is 70.6 Å². The maximum Gasteiger partial charge on any atom is 0.412 e. The lowest BCUT2D eigenvalue weighted by Gasteiger charge is -2.29. The molecule has 0 aromatic heterocycles. The van der Waals surface area contributed by atoms with E-state index in [-0.39, 0.29) is 6.04 Å². The minimum Gasteiger partial charge on any atom is -0.444 e. The number of aliphatic hydroxyl groups excluding tert-OH is 1. The van der Waals surface area contributed by atoms with Crippen LogP contribution < -0.4 is 10.6 Å². The van der Waals surface area contributed by atoms with E-state index in [1.165, 1.54) is 0 Å². The quantitative estimate of drug-likeness (QED) is 0.802. The van der Waals surface area contributed by atoms with Gasteiger partial charge in [0.2, 0.25) is 0 Å². The molecule has 5 nitrogen and oxygen atoms in total. The van der Waals surface area contributed by atoms with Gasteiger partial charge in [0.1, 0.15) is 5.60 Å². The van der Waals surface area contributed by atoms with E-state index >= 15 is 0 Å². The average Bonchev–Trinajstić information content (AvgIpc) is 2.46. The van der Waals surface area contributed by atoms with Gasteiger partial charge in [-0.2, -0.15) is 0 Å². The number of anilines is 1. The first-order valence-corrected chi connectivity index (χ1v) is 7.87. The molecule has 0 saturated carbocycles. The Kier molecular flexibility index (Phi) is 5.42. The predicted octanol–water partition coefficient (Wildman–Crippen LogP) is 3.21. The van der Waals surface area contributed by atoms with Gasteiger partial charge in [0, 0.05) is 17.3 Å². The monoisotopic (exact) mass is 306 g/mol. The molecule has 0 bridgehead atoms. The lowest BCUT2D eigenvalue weighted by atomic mass is 9.94. The third-order valence-electron chi connectivity index (χ3n) is 3.64. The van der Waals surface area contributed by atoms with Gasteiger partial charge >= 0.3 is 6.09 Å². The summed E-state index contributed by atoms with van der Waals surface area (Å²) in [6.45, 7) is 6.38. The van der Waals surface area contributed by atoms with Crippen molar-refractivity contribution in [3.05, 3.63) is 29.8 Å². The number of rotatable bonds is 3. The molecule has 1 saturated heterocycles. The smallest absolute Gasteiger partial charge is 0.412 e. The minimum absolute atomic E-state index is 0.0235. The van der Waals surface area contributed by atoms with Crippen molar-refractivity contribution in [3.63, 3.8) is 0 Å². The molecule has 5 heteroatoms. The highest BCUT2D eigenvalue weighted by Gasteiger charge is 2.25. The molecule has 2 atom stereocenters. The number of carbonyl (C=O) groups is 1. The van der Waals surface area contributed by atoms with Crippen LogP contribution in [0.4, 0.5) is 10.5 Å².